The molecule has 6 heteroatoms. The van der Waals surface area contributed by atoms with E-state index < -0.39 is 0 Å². The van der Waals surface area contributed by atoms with Crippen molar-refractivity contribution in [2.75, 3.05) is 25.0 Å². The number of pyridine rings is 1. The van der Waals surface area contributed by atoms with E-state index in [1.54, 1.807) is 6.07 Å². The van der Waals surface area contributed by atoms with Crippen LogP contribution in [0, 0.1) is 18.3 Å². The van der Waals surface area contributed by atoms with Gasteiger partial charge in [0.1, 0.15) is 17.6 Å². The molecule has 0 aliphatic carbocycles. The van der Waals surface area contributed by atoms with Gasteiger partial charge in [0.2, 0.25) is 0 Å². The molecule has 4 heterocycles. The Balaban J connectivity index is 1.35. The predicted molar refractivity (Wildman–Crippen MR) is 98.6 cm³/mol. The quantitative estimate of drug-likeness (QED) is 0.914. The Hall–Kier alpha value is -1.94. The molecule has 0 bridgehead atoms. The topological polar surface area (TPSA) is 61.2 Å². The Kier molecular flexibility index (Phi) is 4.46. The average molecular weight is 354 g/mol. The molecule has 2 unspecified atom stereocenters. The number of likely N-dealkylation sites (tertiary alicyclic amines) is 1. The fourth-order valence-corrected chi connectivity index (χ4v) is 4.79. The largest absolute Gasteiger partial charge is 0.371 e. The molecule has 0 aromatic carbocycles. The number of hydrogen-bond donors (Lipinski definition) is 1. The maximum Gasteiger partial charge on any atom is 0.142 e. The second kappa shape index (κ2) is 6.75. The van der Waals surface area contributed by atoms with E-state index in [9.17, 15) is 0 Å². The minimum atomic E-state index is -0.0309. The first kappa shape index (κ1) is 16.5. The molecule has 2 aromatic rings. The number of thiophene rings is 1. The van der Waals surface area contributed by atoms with E-state index in [1.165, 1.54) is 9.75 Å². The summed E-state index contributed by atoms with van der Waals surface area (Å²) in [6.07, 6.45) is 2.08. The molecule has 2 aromatic heterocycles. The third-order valence-electron chi connectivity index (χ3n) is 5.00. The lowest BCUT2D eigenvalue weighted by atomic mass is 9.97. The third kappa shape index (κ3) is 3.69. The number of nitrogens with one attached hydrogen (secondary N) is 1. The van der Waals surface area contributed by atoms with Gasteiger partial charge in [-0.15, -0.1) is 11.3 Å². The van der Waals surface area contributed by atoms with Gasteiger partial charge in [0.25, 0.3) is 0 Å². The Morgan fingerprint density at radius 3 is 3.16 bits per heavy atom. The Morgan fingerprint density at radius 1 is 1.44 bits per heavy atom. The summed E-state index contributed by atoms with van der Waals surface area (Å²) in [6, 6.07) is 12.3. The molecular formula is C19H22N4OS. The van der Waals surface area contributed by atoms with Crippen LogP contribution in [0.4, 0.5) is 5.82 Å². The first-order chi connectivity index (χ1) is 12.1. The number of aromatic nitrogens is 1. The summed E-state index contributed by atoms with van der Waals surface area (Å²) in [6.45, 7) is 5.96. The van der Waals surface area contributed by atoms with Crippen molar-refractivity contribution in [2.24, 2.45) is 0 Å². The van der Waals surface area contributed by atoms with E-state index in [4.69, 9.17) is 10.00 Å². The molecule has 4 rings (SSSR count). The lowest BCUT2D eigenvalue weighted by molar-refractivity contribution is 0.0120. The molecule has 2 aliphatic rings. The zero-order valence-electron chi connectivity index (χ0n) is 14.4. The summed E-state index contributed by atoms with van der Waals surface area (Å²) in [5, 5.41) is 12.4. The van der Waals surface area contributed by atoms with E-state index in [2.05, 4.69) is 40.3 Å². The van der Waals surface area contributed by atoms with Gasteiger partial charge in [-0.05, 0) is 37.6 Å². The number of nitriles is 1. The van der Waals surface area contributed by atoms with Crippen molar-refractivity contribution in [1.29, 1.82) is 5.26 Å². The van der Waals surface area contributed by atoms with Gasteiger partial charge < -0.3 is 10.1 Å². The number of ether oxygens (including phenoxy) is 1. The van der Waals surface area contributed by atoms with Gasteiger partial charge in [-0.2, -0.15) is 5.26 Å². The van der Waals surface area contributed by atoms with Crippen LogP contribution in [0.2, 0.25) is 0 Å². The van der Waals surface area contributed by atoms with E-state index in [0.29, 0.717) is 12.3 Å². The standard InChI is InChI=1S/C19H22N4OS/c1-14-5-6-17(25-14)11-23-8-7-19(13-23)9-16(12-24-19)22-18-4-2-3-15(10-20)21-18/h2-6,16H,7-9,11-13H2,1H3,(H,21,22). The van der Waals surface area contributed by atoms with Crippen molar-refractivity contribution >= 4 is 17.2 Å². The SMILES string of the molecule is Cc1ccc(CN2CCC3(CC(Nc4cccc(C#N)n4)CO3)C2)s1. The second-order valence-electron chi connectivity index (χ2n) is 7.03. The van der Waals surface area contributed by atoms with Crippen LogP contribution in [0.25, 0.3) is 0 Å². The highest BCUT2D eigenvalue weighted by atomic mass is 32.1. The summed E-state index contributed by atoms with van der Waals surface area (Å²) in [7, 11) is 0. The molecule has 2 atom stereocenters. The van der Waals surface area contributed by atoms with Gasteiger partial charge in [-0.25, -0.2) is 4.98 Å². The molecule has 130 valence electrons. The van der Waals surface area contributed by atoms with Crippen LogP contribution in [0.15, 0.2) is 30.3 Å². The smallest absolute Gasteiger partial charge is 0.142 e. The zero-order chi connectivity index (χ0) is 17.3. The molecule has 2 saturated heterocycles. The van der Waals surface area contributed by atoms with Crippen LogP contribution in [0.3, 0.4) is 0 Å². The minimum absolute atomic E-state index is 0.0309. The first-order valence-corrected chi connectivity index (χ1v) is 9.51. The zero-order valence-corrected chi connectivity index (χ0v) is 15.2. The third-order valence-corrected chi connectivity index (χ3v) is 5.98. The van der Waals surface area contributed by atoms with Crippen molar-refractivity contribution in [3.63, 3.8) is 0 Å². The van der Waals surface area contributed by atoms with Crippen LogP contribution in [0.5, 0.6) is 0 Å². The number of anilines is 1. The van der Waals surface area contributed by atoms with Crippen molar-refractivity contribution < 1.29 is 4.74 Å². The normalized spacial score (nSPS) is 26.2. The molecule has 2 aliphatic heterocycles. The summed E-state index contributed by atoms with van der Waals surface area (Å²) in [5.74, 6) is 0.758. The molecule has 1 spiro atoms. The average Bonchev–Trinajstić information content (AvgIpc) is 3.31. The van der Waals surface area contributed by atoms with Crippen LogP contribution < -0.4 is 5.32 Å². The summed E-state index contributed by atoms with van der Waals surface area (Å²) in [5.41, 5.74) is 0.411. The lowest BCUT2D eigenvalue weighted by Crippen LogP contribution is -2.33. The van der Waals surface area contributed by atoms with Gasteiger partial charge in [0.15, 0.2) is 0 Å². The van der Waals surface area contributed by atoms with E-state index in [-0.39, 0.29) is 11.6 Å². The molecule has 0 saturated carbocycles. The highest BCUT2D eigenvalue weighted by Crippen LogP contribution is 2.37. The molecule has 25 heavy (non-hydrogen) atoms. The summed E-state index contributed by atoms with van der Waals surface area (Å²) in [4.78, 5) is 9.61. The van der Waals surface area contributed by atoms with Crippen molar-refractivity contribution in [1.82, 2.24) is 9.88 Å². The number of hydrogen-bond acceptors (Lipinski definition) is 6. The fourth-order valence-electron chi connectivity index (χ4n) is 3.86. The molecule has 0 amide bonds. The number of nitrogens with zero attached hydrogens (tertiary/aromatic N) is 3. The van der Waals surface area contributed by atoms with E-state index in [1.807, 2.05) is 23.5 Å². The predicted octanol–water partition coefficient (Wildman–Crippen LogP) is 3.17. The maximum absolute atomic E-state index is 8.97. The summed E-state index contributed by atoms with van der Waals surface area (Å²) < 4.78 is 6.22. The van der Waals surface area contributed by atoms with Crippen LogP contribution in [-0.2, 0) is 11.3 Å². The van der Waals surface area contributed by atoms with Gasteiger partial charge >= 0.3 is 0 Å². The van der Waals surface area contributed by atoms with E-state index >= 15 is 0 Å². The van der Waals surface area contributed by atoms with Crippen LogP contribution in [0.1, 0.15) is 28.3 Å². The van der Waals surface area contributed by atoms with Crippen LogP contribution in [-0.4, -0.2) is 41.2 Å². The van der Waals surface area contributed by atoms with Crippen molar-refractivity contribution in [2.45, 2.75) is 38.0 Å². The highest BCUT2D eigenvalue weighted by Gasteiger charge is 2.45. The fraction of sp³-hybridized carbons (Fsp3) is 0.474. The second-order valence-corrected chi connectivity index (χ2v) is 8.40. The first-order valence-electron chi connectivity index (χ1n) is 8.69. The molecule has 5 nitrogen and oxygen atoms in total. The molecule has 2 fully saturated rings. The van der Waals surface area contributed by atoms with Gasteiger partial charge in [-0.1, -0.05) is 6.07 Å². The van der Waals surface area contributed by atoms with Gasteiger partial charge in [0.05, 0.1) is 18.2 Å². The number of rotatable bonds is 4. The Bertz CT molecular complexity index is 799. The van der Waals surface area contributed by atoms with Crippen LogP contribution >= 0.6 is 11.3 Å². The van der Waals surface area contributed by atoms with Crippen molar-refractivity contribution in [3.8, 4) is 6.07 Å². The highest BCUT2D eigenvalue weighted by molar-refractivity contribution is 7.11. The lowest BCUT2D eigenvalue weighted by Gasteiger charge is -2.23. The monoisotopic (exact) mass is 354 g/mol. The molecule has 0 radical (unpaired) electrons. The molecule has 1 N–H and O–H groups in total. The minimum Gasteiger partial charge on any atom is -0.371 e. The van der Waals surface area contributed by atoms with Crippen molar-refractivity contribution in [3.05, 3.63) is 45.8 Å². The number of aryl methyl sites for hydroxylation is 1. The molecular weight excluding hydrogens is 332 g/mol. The maximum atomic E-state index is 8.97. The Morgan fingerprint density at radius 2 is 2.36 bits per heavy atom. The van der Waals surface area contributed by atoms with Gasteiger partial charge in [0, 0.05) is 35.8 Å². The van der Waals surface area contributed by atoms with Gasteiger partial charge in [-0.3, -0.25) is 4.90 Å². The Labute approximate surface area is 152 Å². The summed E-state index contributed by atoms with van der Waals surface area (Å²) >= 11 is 1.88. The van der Waals surface area contributed by atoms with E-state index in [0.717, 1.165) is 38.3 Å².